The molecule has 0 aliphatic carbocycles. The van der Waals surface area contributed by atoms with Gasteiger partial charge in [-0.3, -0.25) is 9.59 Å². The van der Waals surface area contributed by atoms with Gasteiger partial charge in [0.25, 0.3) is 0 Å². The van der Waals surface area contributed by atoms with Crippen molar-refractivity contribution in [3.8, 4) is 0 Å². The number of hydrogen-bond acceptors (Lipinski definition) is 2. The summed E-state index contributed by atoms with van der Waals surface area (Å²) in [5, 5.41) is 17.0. The van der Waals surface area contributed by atoms with E-state index in [4.69, 9.17) is 10.2 Å². The van der Waals surface area contributed by atoms with Crippen molar-refractivity contribution in [1.82, 2.24) is 0 Å². The van der Waals surface area contributed by atoms with E-state index in [1.54, 1.807) is 0 Å². The van der Waals surface area contributed by atoms with Crippen molar-refractivity contribution in [3.63, 3.8) is 0 Å². The SMILES string of the molecule is O=C(O)CC(C(=O)O)c1c(F)c(F)c(F)c(F)c1F. The van der Waals surface area contributed by atoms with Crippen molar-refractivity contribution in [1.29, 1.82) is 0 Å². The van der Waals surface area contributed by atoms with E-state index < -0.39 is 58.9 Å². The second-order valence-electron chi connectivity index (χ2n) is 3.47. The molecule has 1 unspecified atom stereocenters. The molecule has 1 aromatic carbocycles. The second-order valence-corrected chi connectivity index (χ2v) is 3.47. The summed E-state index contributed by atoms with van der Waals surface area (Å²) >= 11 is 0. The van der Waals surface area contributed by atoms with Crippen LogP contribution in [0.2, 0.25) is 0 Å². The van der Waals surface area contributed by atoms with Crippen molar-refractivity contribution in [2.45, 2.75) is 12.3 Å². The molecular weight excluding hydrogens is 279 g/mol. The van der Waals surface area contributed by atoms with Gasteiger partial charge in [0.2, 0.25) is 5.82 Å². The Kier molecular flexibility index (Phi) is 4.07. The molecule has 0 spiro atoms. The van der Waals surface area contributed by atoms with Crippen LogP contribution < -0.4 is 0 Å². The second kappa shape index (κ2) is 5.21. The van der Waals surface area contributed by atoms with Crippen molar-refractivity contribution >= 4 is 11.9 Å². The fraction of sp³-hybridized carbons (Fsp3) is 0.200. The van der Waals surface area contributed by atoms with Crippen LogP contribution >= 0.6 is 0 Å². The Morgan fingerprint density at radius 3 is 1.53 bits per heavy atom. The maximum absolute atomic E-state index is 13.3. The Morgan fingerprint density at radius 1 is 0.842 bits per heavy atom. The number of rotatable bonds is 4. The average molecular weight is 284 g/mol. The van der Waals surface area contributed by atoms with Gasteiger partial charge in [0.1, 0.15) is 0 Å². The van der Waals surface area contributed by atoms with E-state index in [0.29, 0.717) is 0 Å². The third-order valence-corrected chi connectivity index (χ3v) is 2.27. The molecule has 0 saturated carbocycles. The molecule has 0 aliphatic rings. The fourth-order valence-electron chi connectivity index (χ4n) is 1.42. The first-order chi connectivity index (χ1) is 8.68. The molecule has 0 heterocycles. The van der Waals surface area contributed by atoms with Crippen molar-refractivity contribution in [2.24, 2.45) is 0 Å². The summed E-state index contributed by atoms with van der Waals surface area (Å²) in [6.07, 6.45) is -1.33. The average Bonchev–Trinajstić information content (AvgIpc) is 2.32. The molecular formula is C10H5F5O4. The molecule has 1 aromatic rings. The van der Waals surface area contributed by atoms with Crippen LogP contribution in [0, 0.1) is 29.1 Å². The predicted octanol–water partition coefficient (Wildman–Crippen LogP) is 2.02. The molecule has 0 radical (unpaired) electrons. The Balaban J connectivity index is 3.55. The lowest BCUT2D eigenvalue weighted by atomic mass is 9.94. The van der Waals surface area contributed by atoms with Gasteiger partial charge in [-0.1, -0.05) is 0 Å². The Labute approximate surface area is 102 Å². The zero-order valence-corrected chi connectivity index (χ0v) is 8.89. The maximum atomic E-state index is 13.3. The number of carboxylic acids is 2. The molecule has 1 rings (SSSR count). The normalized spacial score (nSPS) is 12.3. The van der Waals surface area contributed by atoms with E-state index in [9.17, 15) is 31.5 Å². The Bertz CT molecular complexity index is 528. The predicted molar refractivity (Wildman–Crippen MR) is 48.9 cm³/mol. The molecule has 0 fully saturated rings. The molecule has 19 heavy (non-hydrogen) atoms. The highest BCUT2D eigenvalue weighted by atomic mass is 19.2. The van der Waals surface area contributed by atoms with Crippen LogP contribution in [0.4, 0.5) is 22.0 Å². The molecule has 9 heteroatoms. The smallest absolute Gasteiger partial charge is 0.311 e. The fourth-order valence-corrected chi connectivity index (χ4v) is 1.42. The van der Waals surface area contributed by atoms with E-state index in [0.717, 1.165) is 0 Å². The standard InChI is InChI=1S/C10H5F5O4/c11-5-4(2(10(18)19)1-3(16)17)6(12)8(14)9(15)7(5)13/h2H,1H2,(H,16,17)(H,18,19). The molecule has 104 valence electrons. The minimum atomic E-state index is -2.45. The van der Waals surface area contributed by atoms with Gasteiger partial charge < -0.3 is 10.2 Å². The maximum Gasteiger partial charge on any atom is 0.311 e. The van der Waals surface area contributed by atoms with Gasteiger partial charge >= 0.3 is 11.9 Å². The summed E-state index contributed by atoms with van der Waals surface area (Å²) in [6.45, 7) is 0. The van der Waals surface area contributed by atoms with Crippen LogP contribution in [0.3, 0.4) is 0 Å². The zero-order chi connectivity index (χ0) is 14.9. The van der Waals surface area contributed by atoms with E-state index in [2.05, 4.69) is 0 Å². The molecule has 0 aromatic heterocycles. The molecule has 0 aliphatic heterocycles. The Morgan fingerprint density at radius 2 is 1.21 bits per heavy atom. The van der Waals surface area contributed by atoms with Crippen LogP contribution in [-0.2, 0) is 9.59 Å². The largest absolute Gasteiger partial charge is 0.481 e. The number of hydrogen-bond donors (Lipinski definition) is 2. The number of halogens is 5. The van der Waals surface area contributed by atoms with E-state index in [1.807, 2.05) is 0 Å². The summed E-state index contributed by atoms with van der Waals surface area (Å²) in [6, 6.07) is 0. The van der Waals surface area contributed by atoms with Crippen molar-refractivity contribution < 1.29 is 41.8 Å². The van der Waals surface area contributed by atoms with Crippen LogP contribution in [-0.4, -0.2) is 22.2 Å². The van der Waals surface area contributed by atoms with E-state index >= 15 is 0 Å². The number of aliphatic carboxylic acids is 2. The van der Waals surface area contributed by atoms with Gasteiger partial charge in [-0.2, -0.15) is 0 Å². The van der Waals surface area contributed by atoms with Gasteiger partial charge in [-0.05, 0) is 0 Å². The van der Waals surface area contributed by atoms with Crippen molar-refractivity contribution in [2.75, 3.05) is 0 Å². The third kappa shape index (κ3) is 2.64. The lowest BCUT2D eigenvalue weighted by Gasteiger charge is -2.13. The first-order valence-corrected chi connectivity index (χ1v) is 4.64. The van der Waals surface area contributed by atoms with Crippen LogP contribution in [0.25, 0.3) is 0 Å². The summed E-state index contributed by atoms with van der Waals surface area (Å²) in [4.78, 5) is 21.1. The van der Waals surface area contributed by atoms with Gasteiger partial charge in [0.15, 0.2) is 23.3 Å². The molecule has 2 N–H and O–H groups in total. The summed E-state index contributed by atoms with van der Waals surface area (Å²) in [7, 11) is 0. The van der Waals surface area contributed by atoms with Crippen molar-refractivity contribution in [3.05, 3.63) is 34.6 Å². The highest BCUT2D eigenvalue weighted by Crippen LogP contribution is 2.31. The lowest BCUT2D eigenvalue weighted by Crippen LogP contribution is -2.21. The first kappa shape index (κ1) is 14.9. The molecule has 1 atom stereocenters. The van der Waals surface area contributed by atoms with E-state index in [1.165, 1.54) is 0 Å². The van der Waals surface area contributed by atoms with Gasteiger partial charge in [0.05, 0.1) is 12.3 Å². The summed E-state index contributed by atoms with van der Waals surface area (Å²) in [5.41, 5.74) is -1.67. The molecule has 0 bridgehead atoms. The van der Waals surface area contributed by atoms with Crippen LogP contribution in [0.5, 0.6) is 0 Å². The van der Waals surface area contributed by atoms with Crippen LogP contribution in [0.1, 0.15) is 17.9 Å². The molecule has 4 nitrogen and oxygen atoms in total. The lowest BCUT2D eigenvalue weighted by molar-refractivity contribution is -0.145. The number of benzene rings is 1. The minimum Gasteiger partial charge on any atom is -0.481 e. The van der Waals surface area contributed by atoms with Crippen LogP contribution in [0.15, 0.2) is 0 Å². The summed E-state index contributed by atoms with van der Waals surface area (Å²) < 4.78 is 65.0. The first-order valence-electron chi connectivity index (χ1n) is 4.64. The third-order valence-electron chi connectivity index (χ3n) is 2.27. The molecule has 0 saturated heterocycles. The summed E-state index contributed by atoms with van der Waals surface area (Å²) in [5.74, 6) is -18.0. The topological polar surface area (TPSA) is 74.6 Å². The van der Waals surface area contributed by atoms with Gasteiger partial charge in [-0.15, -0.1) is 0 Å². The minimum absolute atomic E-state index is 1.33. The van der Waals surface area contributed by atoms with Gasteiger partial charge in [-0.25, -0.2) is 22.0 Å². The highest BCUT2D eigenvalue weighted by Gasteiger charge is 2.35. The quantitative estimate of drug-likeness (QED) is 0.504. The molecule has 0 amide bonds. The highest BCUT2D eigenvalue weighted by molar-refractivity contribution is 5.82. The monoisotopic (exact) mass is 284 g/mol. The number of carboxylic acid groups (broad SMARTS) is 2. The van der Waals surface area contributed by atoms with E-state index in [-0.39, 0.29) is 0 Å². The number of carbonyl (C=O) groups is 2. The van der Waals surface area contributed by atoms with Gasteiger partial charge in [0, 0.05) is 5.56 Å². The Hall–Kier alpha value is -2.19. The zero-order valence-electron chi connectivity index (χ0n) is 8.89.